The molecule has 0 saturated carbocycles. The van der Waals surface area contributed by atoms with Crippen molar-refractivity contribution >= 4 is 26.0 Å². The first-order chi connectivity index (χ1) is 8.95. The van der Waals surface area contributed by atoms with Gasteiger partial charge in [-0.15, -0.1) is 0 Å². The van der Waals surface area contributed by atoms with E-state index in [4.69, 9.17) is 4.74 Å². The molecule has 0 radical (unpaired) electrons. The molecule has 2 rings (SSSR count). The molecule has 1 heterocycles. The Labute approximate surface area is 122 Å². The molecule has 1 aromatic rings. The van der Waals surface area contributed by atoms with Gasteiger partial charge in [0.25, 0.3) is 0 Å². The van der Waals surface area contributed by atoms with Crippen LogP contribution in [0.15, 0.2) is 27.6 Å². The van der Waals surface area contributed by atoms with Crippen LogP contribution in [0.5, 0.6) is 0 Å². The Hall–Kier alpha value is -0.430. The quantitative estimate of drug-likeness (QED) is 0.844. The Morgan fingerprint density at radius 2 is 1.95 bits per heavy atom. The summed E-state index contributed by atoms with van der Waals surface area (Å²) in [5, 5.41) is 0. The first kappa shape index (κ1) is 15.0. The molecule has 19 heavy (non-hydrogen) atoms. The number of sulfonamides is 1. The van der Waals surface area contributed by atoms with E-state index in [0.717, 1.165) is 22.9 Å². The second kappa shape index (κ2) is 5.91. The van der Waals surface area contributed by atoms with Gasteiger partial charge < -0.3 is 4.74 Å². The normalized spacial score (nSPS) is 18.7. The zero-order valence-electron chi connectivity index (χ0n) is 11.1. The van der Waals surface area contributed by atoms with Gasteiger partial charge in [-0.05, 0) is 37.5 Å². The molecule has 0 aromatic heterocycles. The van der Waals surface area contributed by atoms with Crippen LogP contribution in [0, 0.1) is 6.92 Å². The van der Waals surface area contributed by atoms with Gasteiger partial charge in [-0.3, -0.25) is 0 Å². The highest BCUT2D eigenvalue weighted by molar-refractivity contribution is 9.10. The standard InChI is InChI=1S/C13H18BrNO3S/c1-10-3-4-12(9-13(10)14)19(16,17)15-7-5-11(18-2)6-8-15/h3-4,9,11H,5-8H2,1-2H3. The molecule has 1 fully saturated rings. The third-order valence-corrected chi connectivity index (χ3v) is 6.26. The molecule has 1 aliphatic rings. The summed E-state index contributed by atoms with van der Waals surface area (Å²) in [4.78, 5) is 0.348. The summed E-state index contributed by atoms with van der Waals surface area (Å²) in [6, 6.07) is 5.16. The van der Waals surface area contributed by atoms with E-state index in [1.807, 2.05) is 13.0 Å². The van der Waals surface area contributed by atoms with Crippen LogP contribution < -0.4 is 0 Å². The summed E-state index contributed by atoms with van der Waals surface area (Å²) in [6.07, 6.45) is 1.68. The van der Waals surface area contributed by atoms with Gasteiger partial charge >= 0.3 is 0 Å². The van der Waals surface area contributed by atoms with Crippen molar-refractivity contribution in [1.82, 2.24) is 4.31 Å². The number of nitrogens with zero attached hydrogens (tertiary/aromatic N) is 1. The fraction of sp³-hybridized carbons (Fsp3) is 0.538. The van der Waals surface area contributed by atoms with E-state index < -0.39 is 10.0 Å². The number of ether oxygens (including phenoxy) is 1. The first-order valence-electron chi connectivity index (χ1n) is 6.24. The molecule has 1 aromatic carbocycles. The Balaban J connectivity index is 2.21. The zero-order valence-corrected chi connectivity index (χ0v) is 13.5. The highest BCUT2D eigenvalue weighted by Gasteiger charge is 2.29. The minimum absolute atomic E-state index is 0.177. The molecule has 0 bridgehead atoms. The fourth-order valence-corrected chi connectivity index (χ4v) is 4.22. The maximum absolute atomic E-state index is 12.5. The van der Waals surface area contributed by atoms with E-state index in [0.29, 0.717) is 18.0 Å². The minimum Gasteiger partial charge on any atom is -0.381 e. The van der Waals surface area contributed by atoms with Gasteiger partial charge in [-0.2, -0.15) is 4.31 Å². The van der Waals surface area contributed by atoms with Crippen LogP contribution in [0.2, 0.25) is 0 Å². The van der Waals surface area contributed by atoms with Gasteiger partial charge in [-0.1, -0.05) is 22.0 Å². The summed E-state index contributed by atoms with van der Waals surface area (Å²) in [6.45, 7) is 2.98. The number of benzene rings is 1. The molecule has 1 saturated heterocycles. The van der Waals surface area contributed by atoms with Crippen molar-refractivity contribution in [2.24, 2.45) is 0 Å². The number of hydrogen-bond donors (Lipinski definition) is 0. The van der Waals surface area contributed by atoms with Gasteiger partial charge in [0, 0.05) is 24.7 Å². The Bertz CT molecular complexity index is 551. The van der Waals surface area contributed by atoms with E-state index in [-0.39, 0.29) is 6.10 Å². The molecule has 0 atom stereocenters. The summed E-state index contributed by atoms with van der Waals surface area (Å²) >= 11 is 3.38. The number of halogens is 1. The summed E-state index contributed by atoms with van der Waals surface area (Å²) in [7, 11) is -1.71. The van der Waals surface area contributed by atoms with Crippen LogP contribution >= 0.6 is 15.9 Å². The largest absolute Gasteiger partial charge is 0.381 e. The van der Waals surface area contributed by atoms with Gasteiger partial charge in [0.15, 0.2) is 0 Å². The molecule has 0 amide bonds. The lowest BCUT2D eigenvalue weighted by atomic mass is 10.1. The Kier molecular flexibility index (Phi) is 4.66. The van der Waals surface area contributed by atoms with Crippen molar-refractivity contribution < 1.29 is 13.2 Å². The molecule has 6 heteroatoms. The van der Waals surface area contributed by atoms with E-state index >= 15 is 0 Å². The molecule has 0 spiro atoms. The third-order valence-electron chi connectivity index (χ3n) is 3.52. The summed E-state index contributed by atoms with van der Waals surface area (Å²) in [5.74, 6) is 0. The van der Waals surface area contributed by atoms with Crippen molar-refractivity contribution in [3.8, 4) is 0 Å². The van der Waals surface area contributed by atoms with Crippen molar-refractivity contribution in [2.45, 2.75) is 30.8 Å². The lowest BCUT2D eigenvalue weighted by molar-refractivity contribution is 0.0604. The molecule has 0 aliphatic carbocycles. The van der Waals surface area contributed by atoms with E-state index in [9.17, 15) is 8.42 Å². The zero-order chi connectivity index (χ0) is 14.0. The van der Waals surface area contributed by atoms with Crippen molar-refractivity contribution in [2.75, 3.05) is 20.2 Å². The lowest BCUT2D eigenvalue weighted by Gasteiger charge is -2.30. The number of hydrogen-bond acceptors (Lipinski definition) is 3. The maximum atomic E-state index is 12.5. The number of piperidine rings is 1. The van der Waals surface area contributed by atoms with Crippen LogP contribution in [-0.4, -0.2) is 39.0 Å². The third kappa shape index (κ3) is 3.18. The first-order valence-corrected chi connectivity index (χ1v) is 8.47. The number of methoxy groups -OCH3 is 1. The Morgan fingerprint density at radius 1 is 1.32 bits per heavy atom. The van der Waals surface area contributed by atoms with Crippen molar-refractivity contribution in [3.05, 3.63) is 28.2 Å². The van der Waals surface area contributed by atoms with Gasteiger partial charge in [-0.25, -0.2) is 8.42 Å². The molecular formula is C13H18BrNO3S. The van der Waals surface area contributed by atoms with E-state index in [1.54, 1.807) is 23.5 Å². The smallest absolute Gasteiger partial charge is 0.243 e. The number of rotatable bonds is 3. The second-order valence-corrected chi connectivity index (χ2v) is 7.54. The van der Waals surface area contributed by atoms with E-state index in [2.05, 4.69) is 15.9 Å². The lowest BCUT2D eigenvalue weighted by Crippen LogP contribution is -2.40. The van der Waals surface area contributed by atoms with Crippen molar-refractivity contribution in [3.63, 3.8) is 0 Å². The van der Waals surface area contributed by atoms with Crippen LogP contribution in [0.1, 0.15) is 18.4 Å². The number of aryl methyl sites for hydroxylation is 1. The minimum atomic E-state index is -3.39. The fourth-order valence-electron chi connectivity index (χ4n) is 2.19. The van der Waals surface area contributed by atoms with Gasteiger partial charge in [0.05, 0.1) is 11.0 Å². The predicted molar refractivity (Wildman–Crippen MR) is 77.7 cm³/mol. The van der Waals surface area contributed by atoms with Gasteiger partial charge in [0.2, 0.25) is 10.0 Å². The summed E-state index contributed by atoms with van der Waals surface area (Å²) in [5.41, 5.74) is 1.03. The van der Waals surface area contributed by atoms with Crippen LogP contribution in [0.3, 0.4) is 0 Å². The maximum Gasteiger partial charge on any atom is 0.243 e. The molecule has 0 unspecified atom stereocenters. The van der Waals surface area contributed by atoms with Crippen LogP contribution in [0.4, 0.5) is 0 Å². The highest BCUT2D eigenvalue weighted by Crippen LogP contribution is 2.25. The second-order valence-electron chi connectivity index (χ2n) is 4.75. The molecule has 1 aliphatic heterocycles. The topological polar surface area (TPSA) is 46.6 Å². The molecule has 0 N–H and O–H groups in total. The molecule has 4 nitrogen and oxygen atoms in total. The molecule has 106 valence electrons. The van der Waals surface area contributed by atoms with Crippen molar-refractivity contribution in [1.29, 1.82) is 0 Å². The average Bonchev–Trinajstić information content (AvgIpc) is 2.41. The van der Waals surface area contributed by atoms with E-state index in [1.165, 1.54) is 0 Å². The summed E-state index contributed by atoms with van der Waals surface area (Å²) < 4.78 is 32.6. The SMILES string of the molecule is COC1CCN(S(=O)(=O)c2ccc(C)c(Br)c2)CC1. The monoisotopic (exact) mass is 347 g/mol. The van der Waals surface area contributed by atoms with Crippen LogP contribution in [-0.2, 0) is 14.8 Å². The predicted octanol–water partition coefficient (Wildman–Crippen LogP) is 2.56. The Morgan fingerprint density at radius 3 is 2.47 bits per heavy atom. The van der Waals surface area contributed by atoms with Crippen LogP contribution in [0.25, 0.3) is 0 Å². The average molecular weight is 348 g/mol. The van der Waals surface area contributed by atoms with Gasteiger partial charge in [0.1, 0.15) is 0 Å². The molecular weight excluding hydrogens is 330 g/mol. The highest BCUT2D eigenvalue weighted by atomic mass is 79.9.